The molecule has 1 aliphatic rings. The lowest BCUT2D eigenvalue weighted by Crippen LogP contribution is -2.14. The summed E-state index contributed by atoms with van der Waals surface area (Å²) in [7, 11) is 0. The monoisotopic (exact) mass is 464 g/mol. The first kappa shape index (κ1) is 22.3. The van der Waals surface area contributed by atoms with E-state index in [1.54, 1.807) is 24.7 Å². The van der Waals surface area contributed by atoms with Gasteiger partial charge in [-0.25, -0.2) is 4.98 Å². The molecule has 0 aliphatic heterocycles. The van der Waals surface area contributed by atoms with Crippen molar-refractivity contribution in [3.8, 4) is 22.4 Å². The number of carbonyl (C=O) groups is 2. The molecule has 0 spiro atoms. The second kappa shape index (κ2) is 9.42. The van der Waals surface area contributed by atoms with E-state index in [2.05, 4.69) is 30.8 Å². The minimum absolute atomic E-state index is 0.0162. The molecular weight excluding hydrogens is 440 g/mol. The zero-order valence-corrected chi connectivity index (χ0v) is 19.4. The summed E-state index contributed by atoms with van der Waals surface area (Å²) in [6.45, 7) is 3.88. The average molecular weight is 465 g/mol. The normalized spacial score (nSPS) is 12.7. The molecule has 8 heteroatoms. The molecule has 3 heterocycles. The minimum Gasteiger partial charge on any atom is -0.321 e. The highest BCUT2D eigenvalue weighted by atomic mass is 16.2. The Kier molecular flexibility index (Phi) is 6.01. The summed E-state index contributed by atoms with van der Waals surface area (Å²) in [6, 6.07) is 15.1. The lowest BCUT2D eigenvalue weighted by Gasteiger charge is -2.12. The molecule has 3 aromatic heterocycles. The molecule has 8 nitrogen and oxygen atoms in total. The highest BCUT2D eigenvalue weighted by Gasteiger charge is 2.29. The van der Waals surface area contributed by atoms with E-state index in [0.717, 1.165) is 46.4 Å². The van der Waals surface area contributed by atoms with E-state index in [9.17, 15) is 9.59 Å². The number of anilines is 2. The van der Waals surface area contributed by atoms with Crippen LogP contribution < -0.4 is 10.6 Å². The van der Waals surface area contributed by atoms with Crippen molar-refractivity contribution in [3.05, 3.63) is 83.9 Å². The molecule has 5 rings (SSSR count). The van der Waals surface area contributed by atoms with Crippen LogP contribution in [0.25, 0.3) is 22.4 Å². The van der Waals surface area contributed by atoms with Gasteiger partial charge in [0.2, 0.25) is 5.91 Å². The Bertz CT molecular complexity index is 1430. The van der Waals surface area contributed by atoms with Gasteiger partial charge in [0.15, 0.2) is 5.69 Å². The highest BCUT2D eigenvalue weighted by molar-refractivity contribution is 6.03. The molecule has 4 aromatic rings. The molecule has 0 atom stereocenters. The fraction of sp³-hybridized carbons (Fsp3) is 0.185. The minimum atomic E-state index is -0.316. The van der Waals surface area contributed by atoms with Gasteiger partial charge >= 0.3 is 0 Å². The average Bonchev–Trinajstić information content (AvgIpc) is 3.71. The number of rotatable bonds is 6. The van der Waals surface area contributed by atoms with Crippen LogP contribution in [0.5, 0.6) is 0 Å². The van der Waals surface area contributed by atoms with Crippen molar-refractivity contribution in [1.82, 2.24) is 20.2 Å². The van der Waals surface area contributed by atoms with Gasteiger partial charge in [0.1, 0.15) is 5.82 Å². The molecule has 35 heavy (non-hydrogen) atoms. The SMILES string of the molecule is Cc1cnnc(C(=O)Nc2ccc(C)c(-c3ccnc(-c4ccnc(NC(=O)C5CC5)c4)c3)c2)c1. The molecule has 0 unspecified atom stereocenters. The van der Waals surface area contributed by atoms with E-state index < -0.39 is 0 Å². The predicted octanol–water partition coefficient (Wildman–Crippen LogP) is 4.82. The van der Waals surface area contributed by atoms with E-state index in [-0.39, 0.29) is 23.4 Å². The third-order valence-corrected chi connectivity index (χ3v) is 5.85. The molecule has 1 aromatic carbocycles. The fourth-order valence-corrected chi connectivity index (χ4v) is 3.77. The van der Waals surface area contributed by atoms with Crippen LogP contribution in [0.2, 0.25) is 0 Å². The molecule has 2 amide bonds. The Morgan fingerprint density at radius 3 is 2.49 bits per heavy atom. The van der Waals surface area contributed by atoms with Crippen molar-refractivity contribution < 1.29 is 9.59 Å². The highest BCUT2D eigenvalue weighted by Crippen LogP contribution is 2.32. The van der Waals surface area contributed by atoms with Gasteiger partial charge in [-0.1, -0.05) is 6.07 Å². The topological polar surface area (TPSA) is 110 Å². The maximum Gasteiger partial charge on any atom is 0.276 e. The van der Waals surface area contributed by atoms with Crippen LogP contribution in [0.3, 0.4) is 0 Å². The van der Waals surface area contributed by atoms with Gasteiger partial charge in [-0.3, -0.25) is 14.6 Å². The Morgan fingerprint density at radius 2 is 1.69 bits per heavy atom. The van der Waals surface area contributed by atoms with Crippen molar-refractivity contribution in [2.24, 2.45) is 5.92 Å². The van der Waals surface area contributed by atoms with Crippen molar-refractivity contribution in [2.75, 3.05) is 10.6 Å². The van der Waals surface area contributed by atoms with Crippen LogP contribution in [0.1, 0.15) is 34.5 Å². The van der Waals surface area contributed by atoms with Crippen LogP contribution in [0.15, 0.2) is 67.1 Å². The van der Waals surface area contributed by atoms with E-state index >= 15 is 0 Å². The van der Waals surface area contributed by atoms with E-state index in [4.69, 9.17) is 0 Å². The third kappa shape index (κ3) is 5.22. The van der Waals surface area contributed by atoms with Crippen molar-refractivity contribution >= 4 is 23.3 Å². The van der Waals surface area contributed by atoms with Crippen molar-refractivity contribution in [1.29, 1.82) is 0 Å². The van der Waals surface area contributed by atoms with Crippen molar-refractivity contribution in [3.63, 3.8) is 0 Å². The first-order chi connectivity index (χ1) is 17.0. The second-order valence-corrected chi connectivity index (χ2v) is 8.73. The van der Waals surface area contributed by atoms with Gasteiger partial charge in [0.25, 0.3) is 5.91 Å². The van der Waals surface area contributed by atoms with E-state index in [0.29, 0.717) is 11.5 Å². The summed E-state index contributed by atoms with van der Waals surface area (Å²) in [5.74, 6) is 0.328. The molecule has 0 radical (unpaired) electrons. The molecule has 174 valence electrons. The van der Waals surface area contributed by atoms with Gasteiger partial charge < -0.3 is 10.6 Å². The largest absolute Gasteiger partial charge is 0.321 e. The van der Waals surface area contributed by atoms with Gasteiger partial charge in [0, 0.05) is 29.6 Å². The standard InChI is InChI=1S/C27H24N6O2/c1-16-11-24(33-30-15-16)27(35)31-21-6-3-17(2)22(14-21)19-7-9-28-23(12-19)20-8-10-29-25(13-20)32-26(34)18-4-5-18/h3,6-15,18H,4-5H2,1-2H3,(H,31,35)(H,29,32,34). The predicted molar refractivity (Wildman–Crippen MR) is 134 cm³/mol. The second-order valence-electron chi connectivity index (χ2n) is 8.73. The summed E-state index contributed by atoms with van der Waals surface area (Å²) in [5.41, 5.74) is 6.39. The summed E-state index contributed by atoms with van der Waals surface area (Å²) < 4.78 is 0. The Morgan fingerprint density at radius 1 is 0.886 bits per heavy atom. The zero-order valence-electron chi connectivity index (χ0n) is 19.4. The van der Waals surface area contributed by atoms with E-state index in [1.165, 1.54) is 0 Å². The summed E-state index contributed by atoms with van der Waals surface area (Å²) in [4.78, 5) is 33.5. The van der Waals surface area contributed by atoms with Gasteiger partial charge in [0.05, 0.1) is 11.9 Å². The first-order valence-corrected chi connectivity index (χ1v) is 11.4. The number of hydrogen-bond donors (Lipinski definition) is 2. The van der Waals surface area contributed by atoms with Gasteiger partial charge in [-0.2, -0.15) is 5.10 Å². The number of pyridine rings is 2. The summed E-state index contributed by atoms with van der Waals surface area (Å²) in [5, 5.41) is 13.6. The quantitative estimate of drug-likeness (QED) is 0.423. The lowest BCUT2D eigenvalue weighted by atomic mass is 9.99. The number of aryl methyl sites for hydroxylation is 2. The molecule has 1 saturated carbocycles. The van der Waals surface area contributed by atoms with Crippen LogP contribution in [0, 0.1) is 19.8 Å². The Balaban J connectivity index is 1.40. The number of amides is 2. The number of carbonyl (C=O) groups excluding carboxylic acids is 2. The molecular formula is C27H24N6O2. The number of benzene rings is 1. The van der Waals surface area contributed by atoms with Gasteiger partial charge in [-0.15, -0.1) is 5.10 Å². The molecule has 0 saturated heterocycles. The van der Waals surface area contributed by atoms with Crippen LogP contribution in [0.4, 0.5) is 11.5 Å². The van der Waals surface area contributed by atoms with Crippen LogP contribution in [-0.2, 0) is 4.79 Å². The van der Waals surface area contributed by atoms with Crippen LogP contribution in [-0.4, -0.2) is 32.0 Å². The molecule has 2 N–H and O–H groups in total. The Hall–Kier alpha value is -4.46. The summed E-state index contributed by atoms with van der Waals surface area (Å²) >= 11 is 0. The van der Waals surface area contributed by atoms with E-state index in [1.807, 2.05) is 56.3 Å². The number of aromatic nitrogens is 4. The molecule has 0 bridgehead atoms. The maximum atomic E-state index is 12.6. The summed E-state index contributed by atoms with van der Waals surface area (Å²) in [6.07, 6.45) is 6.90. The number of nitrogens with one attached hydrogen (secondary N) is 2. The molecule has 1 fully saturated rings. The number of hydrogen-bond acceptors (Lipinski definition) is 6. The number of nitrogens with zero attached hydrogens (tertiary/aromatic N) is 4. The molecule has 1 aliphatic carbocycles. The van der Waals surface area contributed by atoms with Gasteiger partial charge in [-0.05, 0) is 91.4 Å². The van der Waals surface area contributed by atoms with Crippen LogP contribution >= 0.6 is 0 Å². The smallest absolute Gasteiger partial charge is 0.276 e. The third-order valence-electron chi connectivity index (χ3n) is 5.85. The fourth-order valence-electron chi connectivity index (χ4n) is 3.77. The maximum absolute atomic E-state index is 12.6. The lowest BCUT2D eigenvalue weighted by molar-refractivity contribution is -0.117. The van der Waals surface area contributed by atoms with Crippen molar-refractivity contribution in [2.45, 2.75) is 26.7 Å². The first-order valence-electron chi connectivity index (χ1n) is 11.4. The zero-order chi connectivity index (χ0) is 24.4. The Labute approximate surface area is 202 Å².